The van der Waals surface area contributed by atoms with Crippen molar-refractivity contribution in [2.45, 2.75) is 12.8 Å². The van der Waals surface area contributed by atoms with Gasteiger partial charge in [-0.1, -0.05) is 41.3 Å². The van der Waals surface area contributed by atoms with Gasteiger partial charge in [0.05, 0.1) is 0 Å². The van der Waals surface area contributed by atoms with Gasteiger partial charge in [0.25, 0.3) is 0 Å². The van der Waals surface area contributed by atoms with Crippen molar-refractivity contribution >= 4 is 16.8 Å². The summed E-state index contributed by atoms with van der Waals surface area (Å²) in [6.07, 6.45) is 6.06. The van der Waals surface area contributed by atoms with Crippen molar-refractivity contribution in [1.82, 2.24) is 0 Å². The van der Waals surface area contributed by atoms with Gasteiger partial charge < -0.3 is 11.7 Å². The molecule has 5 rings (SSSR count). The standard InChI is InChI=1S/C22H16O.Y/c1-2-14-9-10-17-20(12-14)22-18(8-5-11-23-22)19-13-15-6-3-4-7-16(15)21(17)19;/h3-8,10,12H,1-2,11,13H2;/q-2;. The van der Waals surface area contributed by atoms with Crippen molar-refractivity contribution in [3.8, 4) is 16.9 Å². The molecule has 1 radical (unpaired) electrons. The van der Waals surface area contributed by atoms with Gasteiger partial charge in [-0.2, -0.15) is 30.2 Å². The Labute approximate surface area is 167 Å². The van der Waals surface area contributed by atoms with Crippen LogP contribution in [0.4, 0.5) is 0 Å². The zero-order chi connectivity index (χ0) is 15.4. The minimum atomic E-state index is 0. The van der Waals surface area contributed by atoms with Crippen LogP contribution in [0.5, 0.6) is 5.75 Å². The fourth-order valence-corrected chi connectivity index (χ4v) is 3.88. The largest absolute Gasteiger partial charge is 0.490 e. The van der Waals surface area contributed by atoms with Crippen molar-refractivity contribution in [1.29, 1.82) is 0 Å². The van der Waals surface area contributed by atoms with Crippen LogP contribution in [0.2, 0.25) is 0 Å². The fourth-order valence-electron chi connectivity index (χ4n) is 3.88. The van der Waals surface area contributed by atoms with Crippen LogP contribution in [0, 0.1) is 13.0 Å². The van der Waals surface area contributed by atoms with Crippen LogP contribution in [0.25, 0.3) is 28.0 Å². The molecule has 1 aliphatic carbocycles. The monoisotopic (exact) mass is 385 g/mol. The molecule has 24 heavy (non-hydrogen) atoms. The maximum Gasteiger partial charge on any atom is 0.111 e. The zero-order valence-corrected chi connectivity index (χ0v) is 16.3. The van der Waals surface area contributed by atoms with Gasteiger partial charge >= 0.3 is 0 Å². The second kappa shape index (κ2) is 6.13. The number of rotatable bonds is 1. The Kier molecular flexibility index (Phi) is 4.10. The Balaban J connectivity index is 0.00000146. The third kappa shape index (κ3) is 2.22. The Morgan fingerprint density at radius 1 is 1.17 bits per heavy atom. The van der Waals surface area contributed by atoms with Crippen LogP contribution < -0.4 is 4.74 Å². The number of benzene rings is 3. The van der Waals surface area contributed by atoms with E-state index in [2.05, 4.69) is 61.5 Å². The van der Waals surface area contributed by atoms with Crippen LogP contribution in [-0.2, 0) is 45.6 Å². The summed E-state index contributed by atoms with van der Waals surface area (Å²) in [7, 11) is 0. The second-order valence-corrected chi connectivity index (χ2v) is 6.18. The minimum Gasteiger partial charge on any atom is -0.490 e. The van der Waals surface area contributed by atoms with Gasteiger partial charge in [0.2, 0.25) is 0 Å². The summed E-state index contributed by atoms with van der Waals surface area (Å²) < 4.78 is 6.04. The van der Waals surface area contributed by atoms with Crippen molar-refractivity contribution in [3.05, 3.63) is 77.7 Å². The first kappa shape index (κ1) is 16.1. The topological polar surface area (TPSA) is 9.23 Å². The average Bonchev–Trinajstić information content (AvgIpc) is 3.01. The van der Waals surface area contributed by atoms with Crippen LogP contribution in [0.3, 0.4) is 0 Å². The molecule has 0 saturated carbocycles. The zero-order valence-electron chi connectivity index (χ0n) is 13.4. The predicted molar refractivity (Wildman–Crippen MR) is 94.6 cm³/mol. The molecule has 0 saturated heterocycles. The van der Waals surface area contributed by atoms with Gasteiger partial charge in [-0.15, -0.1) is 5.39 Å². The number of hydrogen-bond acceptors (Lipinski definition) is 1. The van der Waals surface area contributed by atoms with E-state index in [1.54, 1.807) is 0 Å². The molecule has 2 heteroatoms. The maximum atomic E-state index is 6.04. The molecule has 1 nitrogen and oxygen atoms in total. The molecule has 0 unspecified atom stereocenters. The van der Waals surface area contributed by atoms with Crippen LogP contribution >= 0.6 is 0 Å². The first-order valence-corrected chi connectivity index (χ1v) is 8.07. The number of hydrogen-bond donors (Lipinski definition) is 0. The Bertz CT molecular complexity index is 985. The third-order valence-electron chi connectivity index (χ3n) is 4.93. The van der Waals surface area contributed by atoms with Crippen LogP contribution in [0.15, 0.2) is 42.5 Å². The van der Waals surface area contributed by atoms with Crippen molar-refractivity contribution in [2.75, 3.05) is 6.61 Å². The summed E-state index contributed by atoms with van der Waals surface area (Å²) in [6, 6.07) is 16.4. The molecule has 0 amide bonds. The summed E-state index contributed by atoms with van der Waals surface area (Å²) in [4.78, 5) is 0. The van der Waals surface area contributed by atoms with E-state index in [1.165, 1.54) is 38.6 Å². The molecule has 3 aromatic carbocycles. The van der Waals surface area contributed by atoms with Gasteiger partial charge in [-0.05, 0) is 29.2 Å². The Morgan fingerprint density at radius 2 is 2.04 bits per heavy atom. The minimum absolute atomic E-state index is 0. The molecule has 3 aromatic rings. The summed E-state index contributed by atoms with van der Waals surface area (Å²) in [5.41, 5.74) is 7.87. The van der Waals surface area contributed by atoms with Gasteiger partial charge in [0.1, 0.15) is 12.4 Å². The molecule has 0 aromatic heterocycles. The predicted octanol–water partition coefficient (Wildman–Crippen LogP) is 4.99. The van der Waals surface area contributed by atoms with Crippen molar-refractivity contribution in [2.24, 2.45) is 0 Å². The maximum absolute atomic E-state index is 6.04. The van der Waals surface area contributed by atoms with Gasteiger partial charge in [-0.25, -0.2) is 0 Å². The molecule has 0 atom stereocenters. The molecule has 1 aliphatic heterocycles. The summed E-state index contributed by atoms with van der Waals surface area (Å²) >= 11 is 0. The summed E-state index contributed by atoms with van der Waals surface area (Å²) in [5.74, 6) is 1.03. The van der Waals surface area contributed by atoms with E-state index < -0.39 is 0 Å². The van der Waals surface area contributed by atoms with E-state index in [0.29, 0.717) is 6.61 Å². The molecule has 2 aliphatic rings. The van der Waals surface area contributed by atoms with E-state index in [0.717, 1.165) is 24.2 Å². The first-order chi connectivity index (χ1) is 11.4. The van der Waals surface area contributed by atoms with Crippen LogP contribution in [0.1, 0.15) is 22.3 Å². The van der Waals surface area contributed by atoms with Crippen LogP contribution in [-0.4, -0.2) is 6.61 Å². The van der Waals surface area contributed by atoms with E-state index in [-0.39, 0.29) is 32.7 Å². The van der Waals surface area contributed by atoms with Crippen molar-refractivity contribution < 1.29 is 37.4 Å². The van der Waals surface area contributed by atoms with Crippen molar-refractivity contribution in [3.63, 3.8) is 0 Å². The molecule has 115 valence electrons. The molecule has 0 fully saturated rings. The molecular formula is C22H16OY-2. The van der Waals surface area contributed by atoms with E-state index in [9.17, 15) is 0 Å². The molecular weight excluding hydrogens is 369 g/mol. The second-order valence-electron chi connectivity index (χ2n) is 6.18. The first-order valence-electron chi connectivity index (χ1n) is 8.07. The van der Waals surface area contributed by atoms with Gasteiger partial charge in [0, 0.05) is 38.3 Å². The molecule has 0 bridgehead atoms. The number of fused-ring (bicyclic) bond motifs is 8. The third-order valence-corrected chi connectivity index (χ3v) is 4.93. The number of ether oxygens (including phenoxy) is 1. The van der Waals surface area contributed by atoms with E-state index >= 15 is 0 Å². The smallest absolute Gasteiger partial charge is 0.111 e. The average molecular weight is 385 g/mol. The molecule has 0 spiro atoms. The Morgan fingerprint density at radius 3 is 2.92 bits per heavy atom. The van der Waals surface area contributed by atoms with E-state index in [1.807, 2.05) is 0 Å². The molecule has 1 heterocycles. The van der Waals surface area contributed by atoms with E-state index in [4.69, 9.17) is 4.74 Å². The van der Waals surface area contributed by atoms with Gasteiger partial charge in [0.15, 0.2) is 0 Å². The quantitative estimate of drug-likeness (QED) is 0.420. The molecule has 0 N–H and O–H groups in total. The summed E-state index contributed by atoms with van der Waals surface area (Å²) in [6.45, 7) is 4.64. The normalized spacial score (nSPS) is 13.7. The van der Waals surface area contributed by atoms with Gasteiger partial charge in [-0.3, -0.25) is 0 Å². The summed E-state index contributed by atoms with van der Waals surface area (Å²) in [5, 5.41) is 2.44. The fraction of sp³-hybridized carbons (Fsp3) is 0.136. The Hall–Kier alpha value is -1.44. The SMILES string of the molecule is [CH2-]Cc1[c-]cc2c3c(c4c(c2c1)OCC=C4)Cc1ccccc1-3.[Y].